The number of rotatable bonds is 4. The van der Waals surface area contributed by atoms with Crippen LogP contribution in [0.3, 0.4) is 0 Å². The van der Waals surface area contributed by atoms with E-state index in [1.54, 1.807) is 12.1 Å². The minimum Gasteiger partial charge on any atom is -0.374 e. The van der Waals surface area contributed by atoms with E-state index in [2.05, 4.69) is 0 Å². The summed E-state index contributed by atoms with van der Waals surface area (Å²) in [4.78, 5) is 12.2. The first kappa shape index (κ1) is 11.4. The van der Waals surface area contributed by atoms with Gasteiger partial charge in [0.1, 0.15) is 11.6 Å². The molecule has 0 bridgehead atoms. The van der Waals surface area contributed by atoms with Crippen molar-refractivity contribution in [2.24, 2.45) is 5.92 Å². The fourth-order valence-electron chi connectivity index (χ4n) is 1.80. The first-order valence-electron chi connectivity index (χ1n) is 5.51. The van der Waals surface area contributed by atoms with Crippen LogP contribution in [-0.2, 0) is 0 Å². The number of benzene rings is 1. The van der Waals surface area contributed by atoms with E-state index in [9.17, 15) is 10.1 Å². The van der Waals surface area contributed by atoms with Gasteiger partial charge in [-0.15, -0.1) is 0 Å². The molecule has 0 radical (unpaired) electrons. The predicted molar refractivity (Wildman–Crippen MR) is 63.8 cm³/mol. The number of nitrogens with zero attached hydrogens (tertiary/aromatic N) is 3. The van der Waals surface area contributed by atoms with Gasteiger partial charge in [0.2, 0.25) is 0 Å². The van der Waals surface area contributed by atoms with E-state index >= 15 is 0 Å². The fraction of sp³-hybridized carbons (Fsp3) is 0.417. The van der Waals surface area contributed by atoms with E-state index < -0.39 is 4.92 Å². The summed E-state index contributed by atoms with van der Waals surface area (Å²) in [5, 5.41) is 19.6. The monoisotopic (exact) mass is 231 g/mol. The van der Waals surface area contributed by atoms with Gasteiger partial charge in [-0.25, -0.2) is 0 Å². The number of nitro groups is 1. The SMILES string of the molecule is CN(CC1CC1)c1ccc([N+](=O)[O-])c(C#N)c1. The topological polar surface area (TPSA) is 70.2 Å². The first-order valence-corrected chi connectivity index (χ1v) is 5.51. The summed E-state index contributed by atoms with van der Waals surface area (Å²) < 4.78 is 0. The fourth-order valence-corrected chi connectivity index (χ4v) is 1.80. The molecule has 0 spiro atoms. The van der Waals surface area contributed by atoms with Gasteiger partial charge in [0.15, 0.2) is 0 Å². The molecule has 0 aliphatic heterocycles. The van der Waals surface area contributed by atoms with E-state index in [1.165, 1.54) is 18.9 Å². The summed E-state index contributed by atoms with van der Waals surface area (Å²) >= 11 is 0. The van der Waals surface area contributed by atoms with Crippen LogP contribution in [0.1, 0.15) is 18.4 Å². The molecule has 1 fully saturated rings. The lowest BCUT2D eigenvalue weighted by atomic mass is 10.1. The molecular formula is C12H13N3O2. The van der Waals surface area contributed by atoms with Crippen LogP contribution in [0.4, 0.5) is 11.4 Å². The van der Waals surface area contributed by atoms with Crippen LogP contribution in [-0.4, -0.2) is 18.5 Å². The Balaban J connectivity index is 2.24. The number of anilines is 1. The highest BCUT2D eigenvalue weighted by molar-refractivity contribution is 5.59. The Hall–Kier alpha value is -2.09. The Morgan fingerprint density at radius 2 is 2.29 bits per heavy atom. The zero-order valence-electron chi connectivity index (χ0n) is 9.59. The molecule has 0 amide bonds. The summed E-state index contributed by atoms with van der Waals surface area (Å²) in [5.41, 5.74) is 0.852. The summed E-state index contributed by atoms with van der Waals surface area (Å²) in [7, 11) is 1.95. The van der Waals surface area contributed by atoms with Gasteiger partial charge in [-0.1, -0.05) is 0 Å². The Morgan fingerprint density at radius 1 is 1.59 bits per heavy atom. The van der Waals surface area contributed by atoms with Gasteiger partial charge in [-0.3, -0.25) is 10.1 Å². The van der Waals surface area contributed by atoms with Crippen molar-refractivity contribution < 1.29 is 4.92 Å². The maximum absolute atomic E-state index is 10.7. The Kier molecular flexibility index (Phi) is 2.96. The molecule has 2 rings (SSSR count). The molecule has 0 saturated heterocycles. The van der Waals surface area contributed by atoms with Crippen molar-refractivity contribution in [3.63, 3.8) is 0 Å². The smallest absolute Gasteiger partial charge is 0.287 e. The Labute approximate surface area is 99.4 Å². The van der Waals surface area contributed by atoms with Crippen molar-refractivity contribution in [3.8, 4) is 6.07 Å². The van der Waals surface area contributed by atoms with E-state index in [0.29, 0.717) is 0 Å². The Morgan fingerprint density at radius 3 is 2.82 bits per heavy atom. The second-order valence-corrected chi connectivity index (χ2v) is 4.39. The molecule has 1 aliphatic rings. The third-order valence-electron chi connectivity index (χ3n) is 2.97. The highest BCUT2D eigenvalue weighted by Gasteiger charge is 2.23. The molecule has 0 unspecified atom stereocenters. The number of hydrogen-bond donors (Lipinski definition) is 0. The van der Waals surface area contributed by atoms with Crippen molar-refractivity contribution in [2.45, 2.75) is 12.8 Å². The predicted octanol–water partition coefficient (Wildman–Crippen LogP) is 2.31. The van der Waals surface area contributed by atoms with Crippen LogP contribution < -0.4 is 4.90 Å². The normalized spacial score (nSPS) is 14.1. The van der Waals surface area contributed by atoms with Gasteiger partial charge in [-0.05, 0) is 30.9 Å². The van der Waals surface area contributed by atoms with Gasteiger partial charge < -0.3 is 4.90 Å². The summed E-state index contributed by atoms with van der Waals surface area (Å²) in [6.45, 7) is 0.947. The average Bonchev–Trinajstić information content (AvgIpc) is 3.11. The summed E-state index contributed by atoms with van der Waals surface area (Å²) in [6.07, 6.45) is 2.50. The molecule has 17 heavy (non-hydrogen) atoms. The molecule has 0 aromatic heterocycles. The van der Waals surface area contributed by atoms with Crippen molar-refractivity contribution in [1.82, 2.24) is 0 Å². The lowest BCUT2D eigenvalue weighted by Gasteiger charge is -2.18. The molecule has 1 aliphatic carbocycles. The van der Waals surface area contributed by atoms with Crippen LogP contribution >= 0.6 is 0 Å². The lowest BCUT2D eigenvalue weighted by Crippen LogP contribution is -2.19. The maximum Gasteiger partial charge on any atom is 0.287 e. The van der Waals surface area contributed by atoms with Crippen molar-refractivity contribution in [1.29, 1.82) is 5.26 Å². The average molecular weight is 231 g/mol. The molecular weight excluding hydrogens is 218 g/mol. The number of nitro benzene ring substituents is 1. The van der Waals surface area contributed by atoms with Crippen LogP contribution in [0.15, 0.2) is 18.2 Å². The molecule has 1 aromatic carbocycles. The van der Waals surface area contributed by atoms with Crippen LogP contribution in [0, 0.1) is 27.4 Å². The van der Waals surface area contributed by atoms with Gasteiger partial charge in [-0.2, -0.15) is 5.26 Å². The molecule has 0 atom stereocenters. The van der Waals surface area contributed by atoms with Gasteiger partial charge in [0.05, 0.1) is 4.92 Å². The lowest BCUT2D eigenvalue weighted by molar-refractivity contribution is -0.385. The van der Waals surface area contributed by atoms with Crippen LogP contribution in [0.5, 0.6) is 0 Å². The number of hydrogen-bond acceptors (Lipinski definition) is 4. The minimum atomic E-state index is -0.525. The van der Waals surface area contributed by atoms with E-state index in [-0.39, 0.29) is 11.3 Å². The van der Waals surface area contributed by atoms with Gasteiger partial charge in [0.25, 0.3) is 5.69 Å². The second kappa shape index (κ2) is 4.42. The van der Waals surface area contributed by atoms with E-state index in [0.717, 1.165) is 18.2 Å². The molecule has 1 aromatic rings. The zero-order valence-corrected chi connectivity index (χ0v) is 9.59. The van der Waals surface area contributed by atoms with E-state index in [1.807, 2.05) is 18.0 Å². The van der Waals surface area contributed by atoms with Crippen molar-refractivity contribution >= 4 is 11.4 Å². The maximum atomic E-state index is 10.7. The van der Waals surface area contributed by atoms with Crippen molar-refractivity contribution in [3.05, 3.63) is 33.9 Å². The highest BCUT2D eigenvalue weighted by atomic mass is 16.6. The largest absolute Gasteiger partial charge is 0.374 e. The van der Waals surface area contributed by atoms with Gasteiger partial charge in [0, 0.05) is 25.3 Å². The quantitative estimate of drug-likeness (QED) is 0.589. The summed E-state index contributed by atoms with van der Waals surface area (Å²) in [5.74, 6) is 0.737. The van der Waals surface area contributed by atoms with Crippen LogP contribution in [0.2, 0.25) is 0 Å². The Bertz CT molecular complexity index is 489. The highest BCUT2D eigenvalue weighted by Crippen LogP contribution is 2.31. The van der Waals surface area contributed by atoms with Gasteiger partial charge >= 0.3 is 0 Å². The molecule has 88 valence electrons. The second-order valence-electron chi connectivity index (χ2n) is 4.39. The third kappa shape index (κ3) is 2.53. The minimum absolute atomic E-state index is 0.121. The standard InChI is InChI=1S/C12H13N3O2/c1-14(8-9-2-3-9)11-4-5-12(15(16)17)10(6-11)7-13/h4-6,9H,2-3,8H2,1H3. The zero-order chi connectivity index (χ0) is 12.4. The third-order valence-corrected chi connectivity index (χ3v) is 2.97. The number of nitriles is 1. The van der Waals surface area contributed by atoms with E-state index in [4.69, 9.17) is 5.26 Å². The molecule has 0 heterocycles. The molecule has 0 N–H and O–H groups in total. The molecule has 5 nitrogen and oxygen atoms in total. The molecule has 5 heteroatoms. The van der Waals surface area contributed by atoms with Crippen LogP contribution in [0.25, 0.3) is 0 Å². The molecule has 1 saturated carbocycles. The summed E-state index contributed by atoms with van der Waals surface area (Å²) in [6, 6.07) is 6.55. The van der Waals surface area contributed by atoms with Crippen molar-refractivity contribution in [2.75, 3.05) is 18.5 Å². The first-order chi connectivity index (χ1) is 8.11.